The highest BCUT2D eigenvalue weighted by Gasteiger charge is 2.24. The number of halogens is 1. The molecule has 3 aromatic carbocycles. The maximum atomic E-state index is 6.67. The molecule has 0 amide bonds. The lowest BCUT2D eigenvalue weighted by molar-refractivity contribution is 1.49. The molecule has 3 heteroatoms. The fraction of sp³-hybridized carbons (Fsp3) is 0.217. The van der Waals surface area contributed by atoms with E-state index in [-0.39, 0.29) is 0 Å². The van der Waals surface area contributed by atoms with E-state index in [0.717, 1.165) is 5.02 Å². The van der Waals surface area contributed by atoms with Gasteiger partial charge >= 0.3 is 0 Å². The van der Waals surface area contributed by atoms with Gasteiger partial charge in [-0.1, -0.05) is 119 Å². The zero-order valence-electron chi connectivity index (χ0n) is 16.3. The minimum atomic E-state index is -1.61. The normalized spacial score (nSPS) is 12.8. The van der Waals surface area contributed by atoms with Crippen LogP contribution >= 0.6 is 11.6 Å². The van der Waals surface area contributed by atoms with E-state index in [1.54, 1.807) is 0 Å². The van der Waals surface area contributed by atoms with Gasteiger partial charge in [0.1, 0.15) is 8.80 Å². The number of hydrogen-bond acceptors (Lipinski definition) is 0. The van der Waals surface area contributed by atoms with Crippen LogP contribution in [0.25, 0.3) is 0 Å². The number of aryl methyl sites for hydroxylation is 2. The van der Waals surface area contributed by atoms with Crippen molar-refractivity contribution < 1.29 is 0 Å². The first kappa shape index (κ1) is 19.2. The third kappa shape index (κ3) is 4.20. The lowest BCUT2D eigenvalue weighted by atomic mass is 10.2. The van der Waals surface area contributed by atoms with Crippen LogP contribution in [0.5, 0.6) is 0 Å². The van der Waals surface area contributed by atoms with Crippen molar-refractivity contribution in [1.29, 1.82) is 0 Å². The van der Waals surface area contributed by atoms with Crippen LogP contribution in [0, 0.1) is 13.8 Å². The molecular weight excluding hydrogens is 368 g/mol. The zero-order chi connectivity index (χ0) is 18.9. The average Bonchev–Trinajstić information content (AvgIpc) is 2.56. The first-order valence-corrected chi connectivity index (χ1v) is 14.8. The molecule has 0 saturated carbocycles. The molecule has 0 heterocycles. The Bertz CT molecular complexity index is 925. The maximum absolute atomic E-state index is 6.67. The monoisotopic (exact) mass is 394 g/mol. The van der Waals surface area contributed by atoms with Crippen molar-refractivity contribution in [3.63, 3.8) is 0 Å². The van der Waals surface area contributed by atoms with Crippen LogP contribution in [0.4, 0.5) is 0 Å². The van der Waals surface area contributed by atoms with Gasteiger partial charge in [-0.2, -0.15) is 0 Å². The third-order valence-electron chi connectivity index (χ3n) is 4.89. The first-order chi connectivity index (χ1) is 12.3. The van der Waals surface area contributed by atoms with Crippen LogP contribution in [0.15, 0.2) is 66.7 Å². The Morgan fingerprint density at radius 3 is 2.08 bits per heavy atom. The van der Waals surface area contributed by atoms with Gasteiger partial charge in [0, 0.05) is 5.02 Å². The van der Waals surface area contributed by atoms with Crippen LogP contribution in [0.1, 0.15) is 11.1 Å². The summed E-state index contributed by atoms with van der Waals surface area (Å²) < 4.78 is 0. The highest BCUT2D eigenvalue weighted by molar-refractivity contribution is 6.97. The maximum Gasteiger partial charge on any atom is 0.134 e. The molecule has 1 atom stereocenters. The highest BCUT2D eigenvalue weighted by Crippen LogP contribution is 2.09. The number of hydrogen-bond donors (Lipinski definition) is 0. The van der Waals surface area contributed by atoms with Crippen LogP contribution in [0.3, 0.4) is 0 Å². The smallest absolute Gasteiger partial charge is 0.0845 e. The Kier molecular flexibility index (Phi) is 5.56. The molecule has 0 aromatic heterocycles. The lowest BCUT2D eigenvalue weighted by Crippen LogP contribution is -2.54. The Morgan fingerprint density at radius 1 is 0.731 bits per heavy atom. The van der Waals surface area contributed by atoms with E-state index in [1.165, 1.54) is 31.9 Å². The molecule has 0 saturated heterocycles. The van der Waals surface area contributed by atoms with Crippen LogP contribution in [-0.4, -0.2) is 16.9 Å². The summed E-state index contributed by atoms with van der Waals surface area (Å²) in [6.45, 7) is 11.7. The molecule has 3 rings (SSSR count). The topological polar surface area (TPSA) is 0 Å². The van der Waals surface area contributed by atoms with Crippen molar-refractivity contribution in [3.8, 4) is 0 Å². The molecular formula is C23H27ClSi2. The third-order valence-corrected chi connectivity index (χ3v) is 10.6. The summed E-state index contributed by atoms with van der Waals surface area (Å²) >= 11 is 6.67. The molecule has 134 valence electrons. The summed E-state index contributed by atoms with van der Waals surface area (Å²) in [5.41, 5.74) is 2.67. The zero-order valence-corrected chi connectivity index (χ0v) is 19.2. The van der Waals surface area contributed by atoms with Gasteiger partial charge in [0.2, 0.25) is 0 Å². The van der Waals surface area contributed by atoms with Crippen LogP contribution < -0.4 is 20.7 Å². The fourth-order valence-corrected chi connectivity index (χ4v) is 8.70. The average molecular weight is 395 g/mol. The van der Waals surface area contributed by atoms with E-state index in [2.05, 4.69) is 88.1 Å². The van der Waals surface area contributed by atoms with Gasteiger partial charge in [0.25, 0.3) is 0 Å². The molecule has 26 heavy (non-hydrogen) atoms. The summed E-state index contributed by atoms with van der Waals surface area (Å²) in [5.74, 6) is 0. The van der Waals surface area contributed by atoms with Gasteiger partial charge < -0.3 is 0 Å². The van der Waals surface area contributed by atoms with E-state index < -0.39 is 16.9 Å². The Labute approximate surface area is 165 Å². The summed E-state index contributed by atoms with van der Waals surface area (Å²) in [5, 5.41) is 6.64. The van der Waals surface area contributed by atoms with Crippen LogP contribution in [-0.2, 0) is 0 Å². The summed E-state index contributed by atoms with van der Waals surface area (Å²) in [4.78, 5) is 0. The Balaban J connectivity index is 2.25. The van der Waals surface area contributed by atoms with Gasteiger partial charge in [0.15, 0.2) is 0 Å². The molecule has 0 aliphatic carbocycles. The quantitative estimate of drug-likeness (QED) is 0.467. The predicted molar refractivity (Wildman–Crippen MR) is 123 cm³/mol. The lowest BCUT2D eigenvalue weighted by Gasteiger charge is -2.23. The molecule has 0 fully saturated rings. The van der Waals surface area contributed by atoms with E-state index in [1.807, 2.05) is 12.1 Å². The van der Waals surface area contributed by atoms with Crippen LogP contribution in [0.2, 0.25) is 24.7 Å². The second-order valence-electron chi connectivity index (χ2n) is 8.25. The van der Waals surface area contributed by atoms with Gasteiger partial charge in [-0.15, -0.1) is 0 Å². The van der Waals surface area contributed by atoms with E-state index in [4.69, 9.17) is 11.6 Å². The number of rotatable bonds is 4. The second-order valence-corrected chi connectivity index (χ2v) is 16.6. The van der Waals surface area contributed by atoms with Gasteiger partial charge in [0.05, 0.1) is 8.07 Å². The molecule has 0 aliphatic heterocycles. The second kappa shape index (κ2) is 7.55. The van der Waals surface area contributed by atoms with Crippen molar-refractivity contribution in [3.05, 3.63) is 82.9 Å². The molecule has 0 nitrogen and oxygen atoms in total. The fourth-order valence-electron chi connectivity index (χ4n) is 3.52. The summed E-state index contributed by atoms with van der Waals surface area (Å²) in [7, 11) is -2.99. The molecule has 0 radical (unpaired) electrons. The van der Waals surface area contributed by atoms with Gasteiger partial charge in [-0.25, -0.2) is 0 Å². The van der Waals surface area contributed by atoms with E-state index >= 15 is 0 Å². The number of benzene rings is 3. The Hall–Kier alpha value is -1.62. The van der Waals surface area contributed by atoms with Crippen molar-refractivity contribution in [1.82, 2.24) is 0 Å². The van der Waals surface area contributed by atoms with Crippen molar-refractivity contribution in [2.75, 3.05) is 0 Å². The van der Waals surface area contributed by atoms with E-state index in [9.17, 15) is 0 Å². The summed E-state index contributed by atoms with van der Waals surface area (Å²) in [6.07, 6.45) is 0. The standard InChI is InChI=1S/C23H27ClSi2/c1-17-9-8-10-19(13-17)25(23-12-7-6-11-22(23)24)20-14-18(2)15-21(16-20)26(3,4)5/h6-16,25H,1-5H3. The molecule has 1 unspecified atom stereocenters. The predicted octanol–water partition coefficient (Wildman–Crippen LogP) is 3.75. The Morgan fingerprint density at radius 2 is 1.42 bits per heavy atom. The minimum absolute atomic E-state index is 0.890. The minimum Gasteiger partial charge on any atom is -0.0845 e. The SMILES string of the molecule is Cc1cccc([SiH](c2cc(C)cc([Si](C)(C)C)c2)c2ccccc2Cl)c1. The van der Waals surface area contributed by atoms with Gasteiger partial charge in [-0.3, -0.25) is 0 Å². The largest absolute Gasteiger partial charge is 0.134 e. The molecule has 0 spiro atoms. The first-order valence-electron chi connectivity index (χ1n) is 9.19. The van der Waals surface area contributed by atoms with Crippen molar-refractivity contribution in [2.24, 2.45) is 0 Å². The summed E-state index contributed by atoms with van der Waals surface area (Å²) in [6, 6.07) is 24.6. The molecule has 0 N–H and O–H groups in total. The van der Waals surface area contributed by atoms with E-state index in [0.29, 0.717) is 0 Å². The van der Waals surface area contributed by atoms with Crippen molar-refractivity contribution >= 4 is 49.2 Å². The molecule has 3 aromatic rings. The van der Waals surface area contributed by atoms with Gasteiger partial charge in [-0.05, 0) is 25.1 Å². The molecule has 0 bridgehead atoms. The highest BCUT2D eigenvalue weighted by atomic mass is 35.5. The van der Waals surface area contributed by atoms with Crippen molar-refractivity contribution in [2.45, 2.75) is 33.5 Å². The molecule has 0 aliphatic rings.